The maximum atomic E-state index is 5.89. The van der Waals surface area contributed by atoms with Gasteiger partial charge in [0, 0.05) is 10.7 Å². The van der Waals surface area contributed by atoms with E-state index < -0.39 is 0 Å². The summed E-state index contributed by atoms with van der Waals surface area (Å²) in [6.07, 6.45) is 7.02. The molecular weight excluding hydrogens is 192 g/mol. The molecule has 0 heterocycles. The minimum Gasteiger partial charge on any atom is -0.387 e. The summed E-state index contributed by atoms with van der Waals surface area (Å²) in [4.78, 5) is 4.54. The maximum Gasteiger partial charge on any atom is 0.0969 e. The molecule has 82 valence electrons. The van der Waals surface area contributed by atoms with E-state index in [-0.39, 0.29) is 0 Å². The zero-order valence-electron chi connectivity index (χ0n) is 9.55. The Bertz CT molecular complexity index is 197. The standard InChI is InChI=1S/C11H22N2S/c1-4-11(5-2,14-3)8-13-10(12)9-6-7-9/h9H,4-8H2,1-3H3,(H2,12,13). The van der Waals surface area contributed by atoms with E-state index in [0.717, 1.165) is 12.4 Å². The van der Waals surface area contributed by atoms with Crippen LogP contribution in [0.1, 0.15) is 39.5 Å². The molecule has 1 aliphatic rings. The Hall–Kier alpha value is -0.180. The predicted octanol–water partition coefficient (Wildman–Crippen LogP) is 2.68. The molecule has 0 atom stereocenters. The number of hydrogen-bond acceptors (Lipinski definition) is 2. The summed E-state index contributed by atoms with van der Waals surface area (Å²) >= 11 is 1.93. The number of nitrogens with two attached hydrogens (primary N) is 1. The van der Waals surface area contributed by atoms with Gasteiger partial charge in [0.25, 0.3) is 0 Å². The fraction of sp³-hybridized carbons (Fsp3) is 0.909. The summed E-state index contributed by atoms with van der Waals surface area (Å²) in [7, 11) is 0. The lowest BCUT2D eigenvalue weighted by atomic mass is 10.0. The fourth-order valence-corrected chi connectivity index (χ4v) is 2.34. The van der Waals surface area contributed by atoms with Crippen LogP contribution < -0.4 is 5.73 Å². The Labute approximate surface area is 91.7 Å². The molecule has 3 heteroatoms. The fourth-order valence-electron chi connectivity index (χ4n) is 1.57. The number of nitrogens with zero attached hydrogens (tertiary/aromatic N) is 1. The van der Waals surface area contributed by atoms with Crippen molar-refractivity contribution >= 4 is 17.6 Å². The second kappa shape index (κ2) is 5.06. The Morgan fingerprint density at radius 1 is 1.43 bits per heavy atom. The van der Waals surface area contributed by atoms with Crippen molar-refractivity contribution < 1.29 is 0 Å². The van der Waals surface area contributed by atoms with Crippen molar-refractivity contribution in [1.82, 2.24) is 0 Å². The van der Waals surface area contributed by atoms with E-state index in [1.807, 2.05) is 11.8 Å². The molecule has 0 radical (unpaired) electrons. The third-order valence-corrected chi connectivity index (χ3v) is 4.84. The molecule has 1 saturated carbocycles. The summed E-state index contributed by atoms with van der Waals surface area (Å²) in [5, 5.41) is 0. The third kappa shape index (κ3) is 2.91. The number of rotatable bonds is 6. The first-order valence-electron chi connectivity index (χ1n) is 5.52. The van der Waals surface area contributed by atoms with Crippen LogP contribution in [0, 0.1) is 5.92 Å². The average molecular weight is 214 g/mol. The van der Waals surface area contributed by atoms with Crippen LogP contribution in [0.25, 0.3) is 0 Å². The van der Waals surface area contributed by atoms with Crippen molar-refractivity contribution in [1.29, 1.82) is 0 Å². The molecule has 0 unspecified atom stereocenters. The van der Waals surface area contributed by atoms with Gasteiger partial charge >= 0.3 is 0 Å². The third-order valence-electron chi connectivity index (χ3n) is 3.27. The molecule has 0 amide bonds. The van der Waals surface area contributed by atoms with Crippen LogP contribution in [-0.4, -0.2) is 23.4 Å². The van der Waals surface area contributed by atoms with Crippen molar-refractivity contribution in [2.24, 2.45) is 16.6 Å². The van der Waals surface area contributed by atoms with Gasteiger partial charge in [-0.1, -0.05) is 13.8 Å². The van der Waals surface area contributed by atoms with Crippen LogP contribution >= 0.6 is 11.8 Å². The summed E-state index contributed by atoms with van der Waals surface area (Å²) in [6.45, 7) is 5.37. The Morgan fingerprint density at radius 3 is 2.36 bits per heavy atom. The van der Waals surface area contributed by atoms with Gasteiger partial charge in [0.05, 0.1) is 12.4 Å². The quantitative estimate of drug-likeness (QED) is 0.545. The minimum atomic E-state index is 0.319. The van der Waals surface area contributed by atoms with Crippen LogP contribution in [0.3, 0.4) is 0 Å². The molecule has 0 aromatic carbocycles. The number of aliphatic imine (C=N–C) groups is 1. The minimum absolute atomic E-state index is 0.319. The van der Waals surface area contributed by atoms with E-state index >= 15 is 0 Å². The molecular formula is C11H22N2S. The smallest absolute Gasteiger partial charge is 0.0969 e. The molecule has 0 aromatic rings. The van der Waals surface area contributed by atoms with E-state index in [0.29, 0.717) is 10.7 Å². The van der Waals surface area contributed by atoms with E-state index in [1.165, 1.54) is 25.7 Å². The normalized spacial score (nSPS) is 18.6. The summed E-state index contributed by atoms with van der Waals surface area (Å²) in [5.74, 6) is 1.51. The van der Waals surface area contributed by atoms with Crippen molar-refractivity contribution in [2.75, 3.05) is 12.8 Å². The van der Waals surface area contributed by atoms with Gasteiger partial charge in [0.2, 0.25) is 0 Å². The topological polar surface area (TPSA) is 38.4 Å². The van der Waals surface area contributed by atoms with Gasteiger partial charge in [-0.15, -0.1) is 0 Å². The van der Waals surface area contributed by atoms with Gasteiger partial charge in [0.1, 0.15) is 0 Å². The first-order valence-corrected chi connectivity index (χ1v) is 6.75. The number of amidine groups is 1. The van der Waals surface area contributed by atoms with Gasteiger partial charge in [-0.25, -0.2) is 0 Å². The molecule has 0 aromatic heterocycles. The van der Waals surface area contributed by atoms with E-state index in [9.17, 15) is 0 Å². The van der Waals surface area contributed by atoms with E-state index in [2.05, 4.69) is 25.1 Å². The molecule has 2 N–H and O–H groups in total. The van der Waals surface area contributed by atoms with Crippen LogP contribution in [0.15, 0.2) is 4.99 Å². The summed E-state index contributed by atoms with van der Waals surface area (Å²) in [6, 6.07) is 0. The second-order valence-electron chi connectivity index (χ2n) is 4.11. The van der Waals surface area contributed by atoms with E-state index in [4.69, 9.17) is 5.73 Å². The lowest BCUT2D eigenvalue weighted by molar-refractivity contribution is 0.560. The SMILES string of the molecule is CCC(CC)(CN=C(N)C1CC1)SC. The molecule has 1 fully saturated rings. The highest BCUT2D eigenvalue weighted by molar-refractivity contribution is 8.00. The van der Waals surface area contributed by atoms with Crippen molar-refractivity contribution in [3.63, 3.8) is 0 Å². The molecule has 0 spiro atoms. The summed E-state index contributed by atoms with van der Waals surface area (Å²) in [5.41, 5.74) is 5.89. The molecule has 0 saturated heterocycles. The highest BCUT2D eigenvalue weighted by Gasteiger charge is 2.28. The first-order chi connectivity index (χ1) is 6.67. The first kappa shape index (κ1) is 11.9. The second-order valence-corrected chi connectivity index (χ2v) is 5.38. The monoisotopic (exact) mass is 214 g/mol. The zero-order chi connectivity index (χ0) is 10.6. The van der Waals surface area contributed by atoms with Crippen LogP contribution in [0.5, 0.6) is 0 Å². The molecule has 1 aliphatic carbocycles. The summed E-state index contributed by atoms with van der Waals surface area (Å²) < 4.78 is 0.319. The van der Waals surface area contributed by atoms with E-state index in [1.54, 1.807) is 0 Å². The molecule has 0 aliphatic heterocycles. The van der Waals surface area contributed by atoms with Gasteiger partial charge in [-0.3, -0.25) is 4.99 Å². The Balaban J connectivity index is 2.50. The van der Waals surface area contributed by atoms with Crippen molar-refractivity contribution in [3.8, 4) is 0 Å². The number of hydrogen-bond donors (Lipinski definition) is 1. The molecule has 1 rings (SSSR count). The van der Waals surface area contributed by atoms with Crippen molar-refractivity contribution in [2.45, 2.75) is 44.3 Å². The van der Waals surface area contributed by atoms with Gasteiger partial charge in [-0.05, 0) is 31.9 Å². The van der Waals surface area contributed by atoms with Crippen molar-refractivity contribution in [3.05, 3.63) is 0 Å². The van der Waals surface area contributed by atoms with Gasteiger partial charge in [-0.2, -0.15) is 11.8 Å². The van der Waals surface area contributed by atoms with Gasteiger partial charge < -0.3 is 5.73 Å². The van der Waals surface area contributed by atoms with Gasteiger partial charge in [0.15, 0.2) is 0 Å². The lowest BCUT2D eigenvalue weighted by Gasteiger charge is -2.27. The molecule has 0 bridgehead atoms. The largest absolute Gasteiger partial charge is 0.387 e. The maximum absolute atomic E-state index is 5.89. The highest BCUT2D eigenvalue weighted by atomic mass is 32.2. The Morgan fingerprint density at radius 2 is 2.00 bits per heavy atom. The number of thioether (sulfide) groups is 1. The lowest BCUT2D eigenvalue weighted by Crippen LogP contribution is -2.28. The highest BCUT2D eigenvalue weighted by Crippen LogP contribution is 2.32. The zero-order valence-corrected chi connectivity index (χ0v) is 10.4. The predicted molar refractivity (Wildman–Crippen MR) is 66.0 cm³/mol. The van der Waals surface area contributed by atoms with Crippen LogP contribution in [-0.2, 0) is 0 Å². The Kier molecular flexibility index (Phi) is 4.30. The molecule has 14 heavy (non-hydrogen) atoms. The average Bonchev–Trinajstić information content (AvgIpc) is 3.04. The van der Waals surface area contributed by atoms with Crippen LogP contribution in [0.2, 0.25) is 0 Å². The van der Waals surface area contributed by atoms with Crippen LogP contribution in [0.4, 0.5) is 0 Å². The molecule has 2 nitrogen and oxygen atoms in total.